The van der Waals surface area contributed by atoms with Gasteiger partial charge in [-0.1, -0.05) is 36.4 Å². The molecule has 0 amide bonds. The Kier molecular flexibility index (Phi) is 6.90. The van der Waals surface area contributed by atoms with Crippen LogP contribution in [0, 0.1) is 0 Å². The maximum absolute atomic E-state index is 12.4. The lowest BCUT2D eigenvalue weighted by atomic mass is 10.1. The summed E-state index contributed by atoms with van der Waals surface area (Å²) in [6, 6.07) is 19.2. The minimum atomic E-state index is -3.46. The largest absolute Gasteiger partial charge is 0.497 e. The normalized spacial score (nSPS) is 11.9. The van der Waals surface area contributed by atoms with Gasteiger partial charge in [-0.25, -0.2) is 23.1 Å². The van der Waals surface area contributed by atoms with Gasteiger partial charge in [-0.05, 0) is 48.1 Å². The van der Waals surface area contributed by atoms with E-state index in [4.69, 9.17) is 15.5 Å². The van der Waals surface area contributed by atoms with Crippen molar-refractivity contribution in [3.8, 4) is 5.75 Å². The van der Waals surface area contributed by atoms with Crippen molar-refractivity contribution in [1.82, 2.24) is 19.3 Å². The van der Waals surface area contributed by atoms with Crippen LogP contribution in [0.25, 0.3) is 21.9 Å². The van der Waals surface area contributed by atoms with E-state index in [1.807, 2.05) is 48.5 Å². The summed E-state index contributed by atoms with van der Waals surface area (Å²) >= 11 is 1.21. The molecule has 0 unspecified atom stereocenters. The number of nitrogens with one attached hydrogen (secondary N) is 1. The molecule has 0 aliphatic carbocycles. The molecule has 0 fully saturated rings. The number of ether oxygens (including phenoxy) is 1. The van der Waals surface area contributed by atoms with E-state index < -0.39 is 10.0 Å². The molecule has 5 rings (SSSR count). The number of aromatic nitrogens is 3. The number of para-hydroxylation sites is 1. The number of thiophene rings is 1. The molecular weight excluding hydrogens is 494 g/mol. The molecule has 0 spiro atoms. The minimum absolute atomic E-state index is 0.333. The van der Waals surface area contributed by atoms with Crippen molar-refractivity contribution >= 4 is 49.1 Å². The van der Waals surface area contributed by atoms with Gasteiger partial charge in [-0.3, -0.25) is 0 Å². The number of pyridine rings is 1. The summed E-state index contributed by atoms with van der Waals surface area (Å²) in [5.41, 5.74) is 9.90. The fourth-order valence-corrected chi connectivity index (χ4v) is 6.41. The number of sulfonamides is 1. The first-order valence-corrected chi connectivity index (χ1v) is 14.0. The molecule has 0 bridgehead atoms. The highest BCUT2D eigenvalue weighted by Crippen LogP contribution is 2.30. The van der Waals surface area contributed by atoms with Crippen molar-refractivity contribution in [2.24, 2.45) is 0 Å². The second kappa shape index (κ2) is 10.3. The second-order valence-electron chi connectivity index (χ2n) is 8.45. The quantitative estimate of drug-likeness (QED) is 0.260. The van der Waals surface area contributed by atoms with Crippen LogP contribution in [-0.2, 0) is 23.0 Å². The zero-order chi connectivity index (χ0) is 25.1. The Bertz CT molecular complexity index is 1590. The Hall–Kier alpha value is -3.47. The Labute approximate surface area is 213 Å². The van der Waals surface area contributed by atoms with Crippen molar-refractivity contribution in [2.75, 3.05) is 19.4 Å². The lowest BCUT2D eigenvalue weighted by molar-refractivity contribution is 0.414. The number of aryl methyl sites for hydroxylation is 1. The molecule has 0 aliphatic rings. The molecular formula is C26H27N5O3S2. The maximum Gasteiger partial charge on any atom is 0.250 e. The standard InChI is InChI=1S/C26H27N5O3S2/c1-34-19-12-10-18(11-13-19)17-22-30-24-25(20-7-2-3-8-21(20)29-26(24)27)31(22)15-5-4-14-28-36(32,33)23-9-6-16-35-23/h2-3,6-13,16,28H,4-5,14-15,17H2,1H3,(H2,27,29). The van der Waals surface area contributed by atoms with Crippen LogP contribution in [-0.4, -0.2) is 36.6 Å². The molecule has 5 aromatic rings. The van der Waals surface area contributed by atoms with Crippen LogP contribution in [0.5, 0.6) is 5.75 Å². The van der Waals surface area contributed by atoms with E-state index in [-0.39, 0.29) is 0 Å². The van der Waals surface area contributed by atoms with Crippen LogP contribution >= 0.6 is 11.3 Å². The summed E-state index contributed by atoms with van der Waals surface area (Å²) in [5.74, 6) is 2.10. The number of unbranched alkanes of at least 4 members (excludes halogenated alkanes) is 1. The smallest absolute Gasteiger partial charge is 0.250 e. The summed E-state index contributed by atoms with van der Waals surface area (Å²) in [5, 5.41) is 2.75. The number of imidazole rings is 1. The average molecular weight is 522 g/mol. The number of hydrogen-bond acceptors (Lipinski definition) is 7. The highest BCUT2D eigenvalue weighted by Gasteiger charge is 2.18. The average Bonchev–Trinajstić information content (AvgIpc) is 3.54. The molecule has 0 saturated heterocycles. The number of fused-ring (bicyclic) bond motifs is 3. The van der Waals surface area contributed by atoms with Gasteiger partial charge in [-0.15, -0.1) is 11.3 Å². The molecule has 186 valence electrons. The molecule has 0 saturated carbocycles. The molecule has 3 aromatic heterocycles. The molecule has 0 radical (unpaired) electrons. The third-order valence-electron chi connectivity index (χ3n) is 6.07. The first kappa shape index (κ1) is 24.2. The summed E-state index contributed by atoms with van der Waals surface area (Å²) in [4.78, 5) is 9.46. The maximum atomic E-state index is 12.4. The van der Waals surface area contributed by atoms with Crippen LogP contribution in [0.3, 0.4) is 0 Å². The van der Waals surface area contributed by atoms with Crippen LogP contribution in [0.2, 0.25) is 0 Å². The van der Waals surface area contributed by atoms with Crippen molar-refractivity contribution in [2.45, 2.75) is 30.0 Å². The zero-order valence-electron chi connectivity index (χ0n) is 19.8. The lowest BCUT2D eigenvalue weighted by Crippen LogP contribution is -2.24. The summed E-state index contributed by atoms with van der Waals surface area (Å²) in [7, 11) is -1.81. The van der Waals surface area contributed by atoms with Crippen LogP contribution in [0.1, 0.15) is 24.2 Å². The molecule has 10 heteroatoms. The molecule has 8 nitrogen and oxygen atoms in total. The Morgan fingerprint density at radius 2 is 1.83 bits per heavy atom. The minimum Gasteiger partial charge on any atom is -0.497 e. The van der Waals surface area contributed by atoms with Gasteiger partial charge >= 0.3 is 0 Å². The predicted molar refractivity (Wildman–Crippen MR) is 144 cm³/mol. The van der Waals surface area contributed by atoms with E-state index in [0.29, 0.717) is 41.5 Å². The molecule has 3 N–H and O–H groups in total. The fraction of sp³-hybridized carbons (Fsp3) is 0.231. The number of benzene rings is 2. The first-order chi connectivity index (χ1) is 17.5. The van der Waals surface area contributed by atoms with Crippen molar-refractivity contribution in [1.29, 1.82) is 0 Å². The molecule has 36 heavy (non-hydrogen) atoms. The van der Waals surface area contributed by atoms with Gasteiger partial charge < -0.3 is 15.0 Å². The van der Waals surface area contributed by atoms with Gasteiger partial charge in [0.15, 0.2) is 5.82 Å². The second-order valence-corrected chi connectivity index (χ2v) is 11.4. The highest BCUT2D eigenvalue weighted by molar-refractivity contribution is 7.91. The van der Waals surface area contributed by atoms with Gasteiger partial charge in [0.1, 0.15) is 21.3 Å². The molecule has 2 aromatic carbocycles. The lowest BCUT2D eigenvalue weighted by Gasteiger charge is -2.12. The summed E-state index contributed by atoms with van der Waals surface area (Å²) < 4.78 is 35.3. The topological polar surface area (TPSA) is 112 Å². The van der Waals surface area contributed by atoms with Crippen LogP contribution in [0.4, 0.5) is 5.82 Å². The monoisotopic (exact) mass is 521 g/mol. The van der Waals surface area contributed by atoms with E-state index in [9.17, 15) is 8.42 Å². The van der Waals surface area contributed by atoms with Gasteiger partial charge in [0.2, 0.25) is 10.0 Å². The predicted octanol–water partition coefficient (Wildman–Crippen LogP) is 4.59. The number of methoxy groups -OCH3 is 1. The Morgan fingerprint density at radius 3 is 2.58 bits per heavy atom. The Balaban J connectivity index is 1.42. The van der Waals surface area contributed by atoms with Crippen molar-refractivity contribution in [3.05, 3.63) is 77.4 Å². The number of hydrogen-bond donors (Lipinski definition) is 2. The van der Waals surface area contributed by atoms with Crippen LogP contribution < -0.4 is 15.2 Å². The van der Waals surface area contributed by atoms with Gasteiger partial charge in [0.25, 0.3) is 0 Å². The third kappa shape index (κ3) is 4.92. The van der Waals surface area contributed by atoms with Gasteiger partial charge in [0.05, 0.1) is 18.1 Å². The number of rotatable bonds is 10. The third-order valence-corrected chi connectivity index (χ3v) is 8.93. The van der Waals surface area contributed by atoms with E-state index in [2.05, 4.69) is 14.3 Å². The van der Waals surface area contributed by atoms with E-state index >= 15 is 0 Å². The number of nitrogens with two attached hydrogens (primary N) is 1. The van der Waals surface area contributed by atoms with E-state index in [1.54, 1.807) is 24.6 Å². The zero-order valence-corrected chi connectivity index (χ0v) is 21.5. The van der Waals surface area contributed by atoms with Gasteiger partial charge in [-0.2, -0.15) is 0 Å². The van der Waals surface area contributed by atoms with Crippen molar-refractivity contribution < 1.29 is 13.2 Å². The molecule has 0 aliphatic heterocycles. The number of nitrogen functional groups attached to an aromatic ring is 1. The number of anilines is 1. The Morgan fingerprint density at radius 1 is 1.03 bits per heavy atom. The number of nitrogens with zero attached hydrogens (tertiary/aromatic N) is 3. The first-order valence-electron chi connectivity index (χ1n) is 11.7. The molecule has 3 heterocycles. The van der Waals surface area contributed by atoms with E-state index in [1.165, 1.54) is 11.3 Å². The van der Waals surface area contributed by atoms with Crippen molar-refractivity contribution in [3.63, 3.8) is 0 Å². The molecule has 0 atom stereocenters. The van der Waals surface area contributed by atoms with E-state index in [0.717, 1.165) is 40.0 Å². The summed E-state index contributed by atoms with van der Waals surface area (Å²) in [6.07, 6.45) is 2.08. The van der Waals surface area contributed by atoms with Crippen LogP contribution in [0.15, 0.2) is 70.3 Å². The highest BCUT2D eigenvalue weighted by atomic mass is 32.2. The van der Waals surface area contributed by atoms with Gasteiger partial charge in [0, 0.05) is 24.9 Å². The SMILES string of the molecule is COc1ccc(Cc2nc3c(N)nc4ccccc4c3n2CCCCNS(=O)(=O)c2cccs2)cc1. The summed E-state index contributed by atoms with van der Waals surface area (Å²) in [6.45, 7) is 1.04. The fourth-order valence-electron chi connectivity index (χ4n) is 4.30.